The topological polar surface area (TPSA) is 113 Å². The van der Waals surface area contributed by atoms with Gasteiger partial charge in [-0.2, -0.15) is 0 Å². The van der Waals surface area contributed by atoms with E-state index >= 15 is 0 Å². The van der Waals surface area contributed by atoms with Crippen molar-refractivity contribution in [2.45, 2.75) is 38.5 Å². The fraction of sp³-hybridized carbons (Fsp3) is 0.474. The minimum Gasteiger partial charge on any atom is -0.481 e. The van der Waals surface area contributed by atoms with Crippen molar-refractivity contribution in [1.82, 2.24) is 9.80 Å². The van der Waals surface area contributed by atoms with Crippen LogP contribution in [0.3, 0.4) is 0 Å². The number of amides is 2. The van der Waals surface area contributed by atoms with Crippen LogP contribution in [-0.4, -0.2) is 71.1 Å². The predicted octanol–water partition coefficient (Wildman–Crippen LogP) is 1.26. The number of nitrogens with zero attached hydrogens (tertiary/aromatic N) is 2. The van der Waals surface area contributed by atoms with Crippen LogP contribution in [-0.2, 0) is 30.5 Å². The molecule has 0 saturated carbocycles. The van der Waals surface area contributed by atoms with Crippen molar-refractivity contribution in [1.29, 1.82) is 0 Å². The third kappa shape index (κ3) is 5.21. The molecule has 1 saturated heterocycles. The van der Waals surface area contributed by atoms with Crippen molar-refractivity contribution in [2.75, 3.05) is 20.2 Å². The molecule has 1 N–H and O–H groups in total. The summed E-state index contributed by atoms with van der Waals surface area (Å²) >= 11 is 0. The Morgan fingerprint density at radius 2 is 1.89 bits per heavy atom. The summed E-state index contributed by atoms with van der Waals surface area (Å²) in [4.78, 5) is 50.6. The lowest BCUT2D eigenvalue weighted by Gasteiger charge is -2.41. The second-order valence-corrected chi connectivity index (χ2v) is 6.41. The molecule has 9 nitrogen and oxygen atoms in total. The highest BCUT2D eigenvalue weighted by atomic mass is 16.6. The summed E-state index contributed by atoms with van der Waals surface area (Å²) in [6.45, 7) is 1.89. The van der Waals surface area contributed by atoms with Crippen LogP contribution in [0.4, 0.5) is 4.79 Å². The molecule has 2 atom stereocenters. The first-order chi connectivity index (χ1) is 13.3. The van der Waals surface area contributed by atoms with E-state index in [0.717, 1.165) is 5.56 Å². The number of benzene rings is 1. The van der Waals surface area contributed by atoms with Gasteiger partial charge in [0.1, 0.15) is 18.7 Å². The van der Waals surface area contributed by atoms with Crippen LogP contribution in [0, 0.1) is 0 Å². The molecule has 2 rings (SSSR count). The number of methoxy groups -OCH3 is 1. The van der Waals surface area contributed by atoms with Gasteiger partial charge >= 0.3 is 18.0 Å². The van der Waals surface area contributed by atoms with Gasteiger partial charge in [-0.3, -0.25) is 14.5 Å². The van der Waals surface area contributed by atoms with E-state index in [0.29, 0.717) is 0 Å². The number of esters is 1. The zero-order chi connectivity index (χ0) is 20.7. The first-order valence-corrected chi connectivity index (χ1v) is 8.92. The summed E-state index contributed by atoms with van der Waals surface area (Å²) in [6.07, 6.45) is -0.954. The van der Waals surface area contributed by atoms with Gasteiger partial charge in [-0.05, 0) is 18.9 Å². The minimum absolute atomic E-state index is 0.0566. The smallest absolute Gasteiger partial charge is 0.410 e. The van der Waals surface area contributed by atoms with Gasteiger partial charge in [0.15, 0.2) is 0 Å². The van der Waals surface area contributed by atoms with Crippen molar-refractivity contribution >= 4 is 23.9 Å². The summed E-state index contributed by atoms with van der Waals surface area (Å²) in [6, 6.07) is 7.32. The number of hydrogen-bond donors (Lipinski definition) is 1. The number of hydrogen-bond acceptors (Lipinski definition) is 6. The molecule has 1 aliphatic heterocycles. The fourth-order valence-electron chi connectivity index (χ4n) is 3.05. The number of carboxylic acids is 1. The maximum Gasteiger partial charge on any atom is 0.410 e. The van der Waals surface area contributed by atoms with Crippen LogP contribution in [0.5, 0.6) is 0 Å². The molecule has 0 spiro atoms. The van der Waals surface area contributed by atoms with E-state index in [9.17, 15) is 19.2 Å². The Hall–Kier alpha value is -3.10. The molecule has 1 aliphatic rings. The van der Waals surface area contributed by atoms with Crippen LogP contribution >= 0.6 is 0 Å². The van der Waals surface area contributed by atoms with Crippen LogP contribution in [0.1, 0.15) is 25.3 Å². The van der Waals surface area contributed by atoms with Gasteiger partial charge in [0, 0.05) is 19.5 Å². The number of carbonyl (C=O) groups is 4. The van der Waals surface area contributed by atoms with Crippen LogP contribution in [0.25, 0.3) is 0 Å². The fourth-order valence-corrected chi connectivity index (χ4v) is 3.05. The molecule has 0 aliphatic carbocycles. The Labute approximate surface area is 162 Å². The van der Waals surface area contributed by atoms with E-state index in [2.05, 4.69) is 0 Å². The van der Waals surface area contributed by atoms with E-state index < -0.39 is 36.0 Å². The maximum atomic E-state index is 12.7. The van der Waals surface area contributed by atoms with Crippen molar-refractivity contribution in [3.63, 3.8) is 0 Å². The van der Waals surface area contributed by atoms with E-state index in [1.807, 2.05) is 30.3 Å². The Balaban J connectivity index is 2.01. The monoisotopic (exact) mass is 392 g/mol. The summed E-state index contributed by atoms with van der Waals surface area (Å²) < 4.78 is 9.99. The lowest BCUT2D eigenvalue weighted by atomic mass is 10.1. The predicted molar refractivity (Wildman–Crippen MR) is 97.2 cm³/mol. The van der Waals surface area contributed by atoms with Crippen molar-refractivity contribution in [3.05, 3.63) is 35.9 Å². The third-order valence-electron chi connectivity index (χ3n) is 4.61. The van der Waals surface area contributed by atoms with Crippen molar-refractivity contribution in [3.8, 4) is 0 Å². The molecule has 0 aromatic heterocycles. The third-order valence-corrected chi connectivity index (χ3v) is 4.61. The molecule has 152 valence electrons. The molecule has 1 aromatic rings. The molecule has 2 amide bonds. The van der Waals surface area contributed by atoms with Crippen LogP contribution < -0.4 is 0 Å². The SMILES string of the molecule is COC(=O)[C@@H](CCC(=O)O)N1CCN(C(=O)OCc2ccccc2)[C@@H](C)C1=O. The molecule has 28 heavy (non-hydrogen) atoms. The van der Waals surface area contributed by atoms with Gasteiger partial charge in [0.2, 0.25) is 5.91 Å². The minimum atomic E-state index is -1.07. The highest BCUT2D eigenvalue weighted by Crippen LogP contribution is 2.19. The average molecular weight is 392 g/mol. The number of aliphatic carboxylic acids is 1. The molecular formula is C19H24N2O7. The molecule has 0 unspecified atom stereocenters. The largest absolute Gasteiger partial charge is 0.481 e. The van der Waals surface area contributed by atoms with E-state index in [-0.39, 0.29) is 32.5 Å². The Morgan fingerprint density at radius 1 is 1.21 bits per heavy atom. The highest BCUT2D eigenvalue weighted by molar-refractivity contribution is 5.90. The number of carbonyl (C=O) groups excluding carboxylic acids is 3. The lowest BCUT2D eigenvalue weighted by Crippen LogP contribution is -2.61. The molecule has 1 heterocycles. The molecule has 0 radical (unpaired) electrons. The summed E-state index contributed by atoms with van der Waals surface area (Å²) in [5.41, 5.74) is 0.827. The number of rotatable bonds is 7. The number of ether oxygens (including phenoxy) is 2. The number of carboxylic acid groups (broad SMARTS) is 1. The summed E-state index contributed by atoms with van der Waals surface area (Å²) in [5.74, 6) is -2.21. The molecule has 1 aromatic carbocycles. The zero-order valence-electron chi connectivity index (χ0n) is 15.9. The van der Waals surface area contributed by atoms with E-state index in [1.54, 1.807) is 6.92 Å². The standard InChI is InChI=1S/C19H24N2O7/c1-13-17(24)21(15(18(25)27-2)8-9-16(22)23)11-10-20(13)19(26)28-12-14-6-4-3-5-7-14/h3-7,13,15H,8-12H2,1-2H3,(H,22,23)/t13-,15+/m0/s1. The second kappa shape index (κ2) is 9.72. The van der Waals surface area contributed by atoms with E-state index in [1.165, 1.54) is 16.9 Å². The first kappa shape index (κ1) is 21.2. The van der Waals surface area contributed by atoms with E-state index in [4.69, 9.17) is 14.6 Å². The molecule has 9 heteroatoms. The summed E-state index contributed by atoms with van der Waals surface area (Å²) in [7, 11) is 1.18. The van der Waals surface area contributed by atoms with Gasteiger partial charge < -0.3 is 19.5 Å². The second-order valence-electron chi connectivity index (χ2n) is 6.41. The van der Waals surface area contributed by atoms with Crippen LogP contribution in [0.2, 0.25) is 0 Å². The van der Waals surface area contributed by atoms with Crippen molar-refractivity contribution < 1.29 is 33.8 Å². The van der Waals surface area contributed by atoms with Gasteiger partial charge in [0.25, 0.3) is 0 Å². The highest BCUT2D eigenvalue weighted by Gasteiger charge is 2.40. The lowest BCUT2D eigenvalue weighted by molar-refractivity contribution is -0.158. The quantitative estimate of drug-likeness (QED) is 0.695. The van der Waals surface area contributed by atoms with Gasteiger partial charge in [-0.1, -0.05) is 30.3 Å². The molecule has 1 fully saturated rings. The Kier molecular flexibility index (Phi) is 7.36. The van der Waals surface area contributed by atoms with Crippen LogP contribution in [0.15, 0.2) is 30.3 Å². The Morgan fingerprint density at radius 3 is 2.50 bits per heavy atom. The van der Waals surface area contributed by atoms with Gasteiger partial charge in [0.05, 0.1) is 7.11 Å². The van der Waals surface area contributed by atoms with Crippen molar-refractivity contribution in [2.24, 2.45) is 0 Å². The first-order valence-electron chi connectivity index (χ1n) is 8.92. The average Bonchev–Trinajstić information content (AvgIpc) is 2.69. The Bertz CT molecular complexity index is 722. The van der Waals surface area contributed by atoms with Gasteiger partial charge in [-0.15, -0.1) is 0 Å². The molecular weight excluding hydrogens is 368 g/mol. The normalized spacial score (nSPS) is 17.8. The maximum absolute atomic E-state index is 12.7. The number of piperazine rings is 1. The molecule has 0 bridgehead atoms. The summed E-state index contributed by atoms with van der Waals surface area (Å²) in [5, 5.41) is 8.88. The zero-order valence-corrected chi connectivity index (χ0v) is 15.9. The van der Waals surface area contributed by atoms with Gasteiger partial charge in [-0.25, -0.2) is 9.59 Å².